The van der Waals surface area contributed by atoms with Crippen LogP contribution in [0.15, 0.2) is 12.1 Å². The average molecular weight is 283 g/mol. The summed E-state index contributed by atoms with van der Waals surface area (Å²) in [6.45, 7) is -0.528. The number of hydrogen-bond donors (Lipinski definition) is 2. The number of carbonyl (C=O) groups is 3. The first-order chi connectivity index (χ1) is 11.8. The topological polar surface area (TPSA) is 92.5 Å². The number of benzene rings is 1. The van der Waals surface area contributed by atoms with Crippen LogP contribution in [-0.4, -0.2) is 28.7 Å². The van der Waals surface area contributed by atoms with Gasteiger partial charge >= 0.3 is 0 Å². The molecule has 0 spiro atoms. The molecule has 1 aromatic rings. The maximum absolute atomic E-state index is 13.9. The van der Waals surface area contributed by atoms with Gasteiger partial charge in [0, 0.05) is 35.2 Å². The molecule has 1 fully saturated rings. The van der Waals surface area contributed by atoms with Gasteiger partial charge in [-0.25, -0.2) is 4.39 Å². The van der Waals surface area contributed by atoms with Gasteiger partial charge in [-0.3, -0.25) is 19.7 Å². The van der Waals surface area contributed by atoms with Gasteiger partial charge in [-0.1, -0.05) is 0 Å². The number of imide groups is 1. The Balaban J connectivity index is 2.14. The average Bonchev–Trinajstić information content (AvgIpc) is 2.87. The van der Waals surface area contributed by atoms with Crippen LogP contribution in [0.2, 0.25) is 0 Å². The minimum absolute atomic E-state index is 0.118. The number of anilines is 1. The first-order valence-corrected chi connectivity index (χ1v) is 5.57. The van der Waals surface area contributed by atoms with E-state index in [9.17, 15) is 18.8 Å². The van der Waals surface area contributed by atoms with Crippen molar-refractivity contribution in [3.63, 3.8) is 0 Å². The SMILES string of the molecule is [2H]c1c(N)c2c(c([2H])c1F)C(=O)N([C@H]1C(=O)NC(=O)C([2H])([2H])C1([2H])[2H])C2. The summed E-state index contributed by atoms with van der Waals surface area (Å²) in [5.41, 5.74) is 4.56. The zero-order chi connectivity index (χ0) is 19.8. The van der Waals surface area contributed by atoms with Gasteiger partial charge in [-0.2, -0.15) is 0 Å². The Labute approximate surface area is 122 Å². The van der Waals surface area contributed by atoms with E-state index >= 15 is 0 Å². The molecule has 0 radical (unpaired) electrons. The van der Waals surface area contributed by atoms with E-state index in [1.54, 1.807) is 5.32 Å². The lowest BCUT2D eigenvalue weighted by molar-refractivity contribution is -0.136. The molecule has 3 amide bonds. The smallest absolute Gasteiger partial charge is 0.255 e. The van der Waals surface area contributed by atoms with E-state index < -0.39 is 72.2 Å². The number of rotatable bonds is 1. The Morgan fingerprint density at radius 1 is 1.45 bits per heavy atom. The van der Waals surface area contributed by atoms with Crippen LogP contribution >= 0.6 is 0 Å². The molecule has 1 saturated heterocycles. The normalized spacial score (nSPS) is 31.4. The molecule has 3 N–H and O–H groups in total. The van der Waals surface area contributed by atoms with Crippen molar-refractivity contribution in [2.24, 2.45) is 0 Å². The third-order valence-corrected chi connectivity index (χ3v) is 3.03. The minimum Gasteiger partial charge on any atom is -0.398 e. The maximum Gasteiger partial charge on any atom is 0.255 e. The summed E-state index contributed by atoms with van der Waals surface area (Å²) < 4.78 is 60.3. The van der Waals surface area contributed by atoms with Crippen molar-refractivity contribution in [3.8, 4) is 0 Å². The first-order valence-electron chi connectivity index (χ1n) is 8.57. The van der Waals surface area contributed by atoms with Crippen molar-refractivity contribution in [2.75, 3.05) is 5.73 Å². The molecule has 2 heterocycles. The van der Waals surface area contributed by atoms with Gasteiger partial charge < -0.3 is 10.6 Å². The summed E-state index contributed by atoms with van der Waals surface area (Å²) in [7, 11) is 0. The number of piperidine rings is 1. The Hall–Kier alpha value is -2.44. The molecule has 0 aliphatic carbocycles. The zero-order valence-electron chi connectivity index (χ0n) is 15.9. The second-order valence-electron chi connectivity index (χ2n) is 4.25. The number of hydrogen-bond acceptors (Lipinski definition) is 4. The number of fused-ring (bicyclic) bond motifs is 1. The lowest BCUT2D eigenvalue weighted by Gasteiger charge is -2.29. The summed E-state index contributed by atoms with van der Waals surface area (Å²) in [6.07, 6.45) is -6.22. The molecule has 1 aromatic carbocycles. The highest BCUT2D eigenvalue weighted by Crippen LogP contribution is 2.31. The van der Waals surface area contributed by atoms with E-state index in [-0.39, 0.29) is 5.56 Å². The van der Waals surface area contributed by atoms with E-state index in [1.165, 1.54) is 0 Å². The number of nitrogens with zero attached hydrogens (tertiary/aromatic N) is 1. The summed E-state index contributed by atoms with van der Waals surface area (Å²) >= 11 is 0. The highest BCUT2D eigenvalue weighted by molar-refractivity contribution is 6.06. The summed E-state index contributed by atoms with van der Waals surface area (Å²) in [6, 6.07) is -3.77. The number of nitrogens with one attached hydrogen (secondary N) is 1. The van der Waals surface area contributed by atoms with Gasteiger partial charge in [0.1, 0.15) is 11.9 Å². The number of nitrogen functional groups attached to an aromatic ring is 1. The van der Waals surface area contributed by atoms with Crippen LogP contribution in [0.4, 0.5) is 10.1 Å². The molecular weight excluding hydrogens is 265 g/mol. The largest absolute Gasteiger partial charge is 0.398 e. The third kappa shape index (κ3) is 1.82. The highest BCUT2D eigenvalue weighted by Gasteiger charge is 2.39. The molecule has 7 heteroatoms. The van der Waals surface area contributed by atoms with Crippen molar-refractivity contribution in [1.29, 1.82) is 0 Å². The fourth-order valence-corrected chi connectivity index (χ4v) is 2.12. The lowest BCUT2D eigenvalue weighted by Crippen LogP contribution is -2.52. The fraction of sp³-hybridized carbons (Fsp3) is 0.308. The zero-order valence-corrected chi connectivity index (χ0v) is 9.91. The minimum atomic E-state index is -3.12. The lowest BCUT2D eigenvalue weighted by atomic mass is 10.0. The predicted octanol–water partition coefficient (Wildman–Crippen LogP) is 0.169. The number of nitrogens with two attached hydrogens (primary N) is 1. The van der Waals surface area contributed by atoms with E-state index in [1.807, 2.05) is 0 Å². The van der Waals surface area contributed by atoms with Gasteiger partial charge in [-0.05, 0) is 18.5 Å². The number of carbonyl (C=O) groups excluding carboxylic acids is 3. The molecule has 3 rings (SSSR count). The van der Waals surface area contributed by atoms with Crippen molar-refractivity contribution >= 4 is 23.4 Å². The van der Waals surface area contributed by atoms with Gasteiger partial charge in [0.05, 0.1) is 2.74 Å². The molecule has 0 saturated carbocycles. The summed E-state index contributed by atoms with van der Waals surface area (Å²) in [4.78, 5) is 37.0. The molecule has 2 aliphatic heterocycles. The Kier molecular flexibility index (Phi) is 1.58. The summed E-state index contributed by atoms with van der Waals surface area (Å²) in [5, 5.41) is 1.68. The van der Waals surface area contributed by atoms with E-state index in [4.69, 9.17) is 14.0 Å². The van der Waals surface area contributed by atoms with Gasteiger partial charge in [0.2, 0.25) is 11.8 Å². The monoisotopic (exact) mass is 283 g/mol. The molecule has 1 atom stereocenters. The molecule has 20 heavy (non-hydrogen) atoms. The number of halogens is 1. The van der Waals surface area contributed by atoms with Crippen LogP contribution < -0.4 is 11.1 Å². The highest BCUT2D eigenvalue weighted by atomic mass is 19.1. The van der Waals surface area contributed by atoms with Crippen LogP contribution in [-0.2, 0) is 16.1 Å². The van der Waals surface area contributed by atoms with Crippen LogP contribution in [0.5, 0.6) is 0 Å². The van der Waals surface area contributed by atoms with E-state index in [0.29, 0.717) is 4.90 Å². The van der Waals surface area contributed by atoms with Crippen molar-refractivity contribution in [2.45, 2.75) is 25.3 Å². The molecule has 2 aliphatic rings. The van der Waals surface area contributed by atoms with Crippen LogP contribution in [0.25, 0.3) is 0 Å². The first kappa shape index (κ1) is 7.37. The molecule has 104 valence electrons. The second kappa shape index (κ2) is 4.29. The Bertz CT molecular complexity index is 891. The second-order valence-corrected chi connectivity index (χ2v) is 4.25. The fourth-order valence-electron chi connectivity index (χ4n) is 2.12. The Morgan fingerprint density at radius 2 is 2.20 bits per heavy atom. The van der Waals surface area contributed by atoms with Crippen LogP contribution in [0, 0.1) is 5.82 Å². The molecule has 0 bridgehead atoms. The molecular formula is C13H12FN3O3. The van der Waals surface area contributed by atoms with E-state index in [0.717, 1.165) is 0 Å². The van der Waals surface area contributed by atoms with Gasteiger partial charge in [0.15, 0.2) is 0 Å². The van der Waals surface area contributed by atoms with Gasteiger partial charge in [-0.15, -0.1) is 0 Å². The predicted molar refractivity (Wildman–Crippen MR) is 66.9 cm³/mol. The van der Waals surface area contributed by atoms with Crippen molar-refractivity contribution < 1.29 is 27.0 Å². The van der Waals surface area contributed by atoms with Crippen molar-refractivity contribution in [1.82, 2.24) is 10.2 Å². The summed E-state index contributed by atoms with van der Waals surface area (Å²) in [5.74, 6) is -5.16. The molecule has 0 unspecified atom stereocenters. The third-order valence-electron chi connectivity index (χ3n) is 3.03. The number of amides is 3. The quantitative estimate of drug-likeness (QED) is 0.567. The molecule has 6 nitrogen and oxygen atoms in total. The van der Waals surface area contributed by atoms with Crippen LogP contribution in [0.3, 0.4) is 0 Å². The van der Waals surface area contributed by atoms with Crippen molar-refractivity contribution in [3.05, 3.63) is 29.0 Å². The standard InChI is InChI=1S/C13H12FN3O3/c14-6-3-7-8(9(15)4-6)5-17(13(7)20)10-1-2-11(18)16-12(10)19/h3-4,10H,1-2,5,15H2,(H,16,18,19)/t10-/m1/s1/i1D2,2D2,3D,4D. The maximum atomic E-state index is 13.9. The van der Waals surface area contributed by atoms with Gasteiger partial charge in [0.25, 0.3) is 5.91 Å². The Morgan fingerprint density at radius 3 is 2.95 bits per heavy atom. The van der Waals surface area contributed by atoms with Crippen LogP contribution in [0.1, 0.15) is 36.9 Å². The van der Waals surface area contributed by atoms with E-state index in [2.05, 4.69) is 0 Å². The molecule has 0 aromatic heterocycles.